The van der Waals surface area contributed by atoms with E-state index in [1.807, 2.05) is 0 Å². The first-order valence-electron chi connectivity index (χ1n) is 10.0. The fourth-order valence-corrected chi connectivity index (χ4v) is 3.28. The zero-order valence-corrected chi connectivity index (χ0v) is 20.0. The fourth-order valence-electron chi connectivity index (χ4n) is 3.28. The van der Waals surface area contributed by atoms with Crippen molar-refractivity contribution in [3.8, 4) is 0 Å². The molecule has 1 aromatic rings. The summed E-state index contributed by atoms with van der Waals surface area (Å²) in [5, 5.41) is 6.87. The number of halogens is 1. The van der Waals surface area contributed by atoms with E-state index in [0.717, 1.165) is 44.9 Å². The second kappa shape index (κ2) is 13.0. The van der Waals surface area contributed by atoms with Crippen LogP contribution in [0.4, 0.5) is 0 Å². The van der Waals surface area contributed by atoms with Gasteiger partial charge in [-0.05, 0) is 31.7 Å². The number of likely N-dealkylation sites (N-methyl/N-ethyl adjacent to an activating group) is 1. The topological polar surface area (TPSA) is 60.0 Å². The number of amides is 1. The number of likely N-dealkylation sites (tertiary alicyclic amines) is 1. The van der Waals surface area contributed by atoms with Crippen LogP contribution < -0.4 is 10.6 Å². The van der Waals surface area contributed by atoms with Crippen molar-refractivity contribution in [2.75, 3.05) is 33.7 Å². The van der Waals surface area contributed by atoms with Gasteiger partial charge in [-0.2, -0.15) is 0 Å². The SMILES string of the molecule is CCCNC(=NCC(=O)N(C)C)NC1CCN(Cc2ccccc2)C(C)C1.I. The molecular formula is C21H36IN5O. The minimum atomic E-state index is 0. The molecule has 6 nitrogen and oxygen atoms in total. The average molecular weight is 501 g/mol. The van der Waals surface area contributed by atoms with E-state index in [9.17, 15) is 4.79 Å². The zero-order chi connectivity index (χ0) is 19.6. The predicted octanol–water partition coefficient (Wildman–Crippen LogP) is 2.69. The van der Waals surface area contributed by atoms with Crippen molar-refractivity contribution in [1.29, 1.82) is 0 Å². The van der Waals surface area contributed by atoms with Crippen LogP contribution in [-0.4, -0.2) is 67.5 Å². The summed E-state index contributed by atoms with van der Waals surface area (Å²) in [5.74, 6) is 0.763. The Bertz CT molecular complexity index is 608. The van der Waals surface area contributed by atoms with Crippen LogP contribution in [-0.2, 0) is 11.3 Å². The van der Waals surface area contributed by atoms with E-state index in [4.69, 9.17) is 0 Å². The summed E-state index contributed by atoms with van der Waals surface area (Å²) < 4.78 is 0. The lowest BCUT2D eigenvalue weighted by Gasteiger charge is -2.38. The number of nitrogens with zero attached hydrogens (tertiary/aromatic N) is 3. The molecule has 0 saturated carbocycles. The van der Waals surface area contributed by atoms with E-state index in [-0.39, 0.29) is 36.4 Å². The van der Waals surface area contributed by atoms with Gasteiger partial charge in [0.15, 0.2) is 5.96 Å². The van der Waals surface area contributed by atoms with Crippen molar-refractivity contribution in [3.05, 3.63) is 35.9 Å². The molecule has 1 saturated heterocycles. The zero-order valence-electron chi connectivity index (χ0n) is 17.6. The largest absolute Gasteiger partial charge is 0.356 e. The monoisotopic (exact) mass is 501 g/mol. The summed E-state index contributed by atoms with van der Waals surface area (Å²) in [7, 11) is 3.52. The van der Waals surface area contributed by atoms with Gasteiger partial charge in [0.25, 0.3) is 0 Å². The quantitative estimate of drug-likeness (QED) is 0.343. The first kappa shape index (κ1) is 24.7. The molecule has 2 N–H and O–H groups in total. The predicted molar refractivity (Wildman–Crippen MR) is 127 cm³/mol. The Morgan fingerprint density at radius 3 is 2.61 bits per heavy atom. The Morgan fingerprint density at radius 1 is 1.29 bits per heavy atom. The molecule has 0 aromatic heterocycles. The van der Waals surface area contributed by atoms with Crippen molar-refractivity contribution < 1.29 is 4.79 Å². The van der Waals surface area contributed by atoms with E-state index in [0.29, 0.717) is 12.1 Å². The third-order valence-electron chi connectivity index (χ3n) is 5.00. The maximum absolute atomic E-state index is 11.8. The lowest BCUT2D eigenvalue weighted by atomic mass is 9.97. The highest BCUT2D eigenvalue weighted by Gasteiger charge is 2.26. The van der Waals surface area contributed by atoms with Gasteiger partial charge >= 0.3 is 0 Å². The van der Waals surface area contributed by atoms with Crippen LogP contribution in [0.3, 0.4) is 0 Å². The summed E-state index contributed by atoms with van der Waals surface area (Å²) in [5.41, 5.74) is 1.37. The first-order valence-corrected chi connectivity index (χ1v) is 10.0. The number of hydrogen-bond acceptors (Lipinski definition) is 3. The van der Waals surface area contributed by atoms with Crippen LogP contribution in [0.1, 0.15) is 38.7 Å². The molecule has 1 aliphatic rings. The summed E-state index contributed by atoms with van der Waals surface area (Å²) >= 11 is 0. The van der Waals surface area contributed by atoms with Crippen LogP contribution in [0.15, 0.2) is 35.3 Å². The maximum atomic E-state index is 11.8. The molecule has 158 valence electrons. The lowest BCUT2D eigenvalue weighted by Crippen LogP contribution is -2.51. The molecule has 2 rings (SSSR count). The van der Waals surface area contributed by atoms with Crippen LogP contribution >= 0.6 is 24.0 Å². The summed E-state index contributed by atoms with van der Waals surface area (Å²) in [4.78, 5) is 20.4. The molecule has 2 unspecified atom stereocenters. The van der Waals surface area contributed by atoms with E-state index in [1.165, 1.54) is 5.56 Å². The van der Waals surface area contributed by atoms with Crippen molar-refractivity contribution >= 4 is 35.8 Å². The minimum absolute atomic E-state index is 0. The van der Waals surface area contributed by atoms with Gasteiger partial charge in [-0.15, -0.1) is 24.0 Å². The summed E-state index contributed by atoms with van der Waals surface area (Å²) in [6.45, 7) is 7.51. The van der Waals surface area contributed by atoms with E-state index >= 15 is 0 Å². The number of carbonyl (C=O) groups is 1. The van der Waals surface area contributed by atoms with E-state index in [2.05, 4.69) is 64.7 Å². The van der Waals surface area contributed by atoms with Gasteiger partial charge in [-0.1, -0.05) is 37.3 Å². The van der Waals surface area contributed by atoms with Gasteiger partial charge in [0.1, 0.15) is 6.54 Å². The Morgan fingerprint density at radius 2 is 2.00 bits per heavy atom. The van der Waals surface area contributed by atoms with Gasteiger partial charge in [0.2, 0.25) is 5.91 Å². The van der Waals surface area contributed by atoms with Crippen molar-refractivity contribution in [1.82, 2.24) is 20.4 Å². The highest BCUT2D eigenvalue weighted by atomic mass is 127. The minimum Gasteiger partial charge on any atom is -0.356 e. The Hall–Kier alpha value is -1.35. The molecule has 1 aliphatic heterocycles. The van der Waals surface area contributed by atoms with Gasteiger partial charge in [-0.25, -0.2) is 4.99 Å². The summed E-state index contributed by atoms with van der Waals surface area (Å²) in [6.07, 6.45) is 3.17. The van der Waals surface area contributed by atoms with Gasteiger partial charge in [0.05, 0.1) is 0 Å². The molecule has 28 heavy (non-hydrogen) atoms. The Kier molecular flexibility index (Phi) is 11.4. The number of aliphatic imine (C=N–C) groups is 1. The van der Waals surface area contributed by atoms with Gasteiger partial charge < -0.3 is 15.5 Å². The molecule has 0 radical (unpaired) electrons. The number of nitrogens with one attached hydrogen (secondary N) is 2. The number of carbonyl (C=O) groups excluding carboxylic acids is 1. The highest BCUT2D eigenvalue weighted by molar-refractivity contribution is 14.0. The molecular weight excluding hydrogens is 465 g/mol. The number of piperidine rings is 1. The number of guanidine groups is 1. The van der Waals surface area contributed by atoms with Crippen LogP contribution in [0.2, 0.25) is 0 Å². The molecule has 0 bridgehead atoms. The van der Waals surface area contributed by atoms with Crippen LogP contribution in [0.25, 0.3) is 0 Å². The van der Waals surface area contributed by atoms with E-state index in [1.54, 1.807) is 19.0 Å². The Labute approximate surface area is 187 Å². The van der Waals surface area contributed by atoms with Gasteiger partial charge in [-0.3, -0.25) is 9.69 Å². The Balaban J connectivity index is 0.00000392. The molecule has 0 aliphatic carbocycles. The van der Waals surface area contributed by atoms with Crippen molar-refractivity contribution in [3.63, 3.8) is 0 Å². The molecule has 7 heteroatoms. The van der Waals surface area contributed by atoms with Crippen molar-refractivity contribution in [2.45, 2.75) is 51.7 Å². The van der Waals surface area contributed by atoms with Gasteiger partial charge in [0, 0.05) is 45.8 Å². The maximum Gasteiger partial charge on any atom is 0.243 e. The second-order valence-electron chi connectivity index (χ2n) is 7.55. The molecule has 1 heterocycles. The van der Waals surface area contributed by atoms with Crippen LogP contribution in [0.5, 0.6) is 0 Å². The van der Waals surface area contributed by atoms with E-state index < -0.39 is 0 Å². The molecule has 1 fully saturated rings. The standard InChI is InChI=1S/C21H35N5O.HI/c1-5-12-22-21(23-15-20(27)25(3)4)24-19-11-13-26(17(2)14-19)16-18-9-7-6-8-10-18;/h6-10,17,19H,5,11-16H2,1-4H3,(H2,22,23,24);1H. The number of hydrogen-bond donors (Lipinski definition) is 2. The fraction of sp³-hybridized carbons (Fsp3) is 0.619. The third-order valence-corrected chi connectivity index (χ3v) is 5.00. The second-order valence-corrected chi connectivity index (χ2v) is 7.55. The molecule has 1 aromatic carbocycles. The molecule has 1 amide bonds. The first-order chi connectivity index (χ1) is 13.0. The third kappa shape index (κ3) is 8.34. The normalized spacial score (nSPS) is 20.2. The average Bonchev–Trinajstić information content (AvgIpc) is 2.66. The lowest BCUT2D eigenvalue weighted by molar-refractivity contribution is -0.127. The molecule has 2 atom stereocenters. The highest BCUT2D eigenvalue weighted by Crippen LogP contribution is 2.19. The molecule has 0 spiro atoms. The summed E-state index contributed by atoms with van der Waals surface area (Å²) in [6, 6.07) is 11.5. The number of rotatable bonds is 7. The van der Waals surface area contributed by atoms with Crippen LogP contribution in [0, 0.1) is 0 Å². The number of benzene rings is 1. The van der Waals surface area contributed by atoms with Crippen molar-refractivity contribution in [2.24, 2.45) is 4.99 Å². The smallest absolute Gasteiger partial charge is 0.243 e.